The first-order valence-corrected chi connectivity index (χ1v) is 49.8. The van der Waals surface area contributed by atoms with Crippen LogP contribution in [-0.2, 0) is 116 Å². The average molecular weight is 2220 g/mol. The molecule has 4 aliphatic heterocycles. The summed E-state index contributed by atoms with van der Waals surface area (Å²) >= 11 is 9.50. The molecule has 20 N–H and O–H groups in total. The van der Waals surface area contributed by atoms with E-state index in [0.717, 1.165) is 94.8 Å². The number of aromatic hydroxyl groups is 4. The van der Waals surface area contributed by atoms with E-state index in [1.807, 2.05) is 0 Å². The number of nitrogens with two attached hydrogens (primary N) is 4. The number of hydrogen-bond donors (Lipinski definition) is 16. The number of carbonyl (C=O) groups is 8. The van der Waals surface area contributed by atoms with Gasteiger partial charge in [-0.2, -0.15) is 91.6 Å². The number of nitrogens with zero attached hydrogens (tertiary/aromatic N) is 18. The predicted molar refractivity (Wildman–Crippen MR) is 494 cm³/mol. The second-order valence-corrected chi connectivity index (χ2v) is 42.1. The highest BCUT2D eigenvalue weighted by Gasteiger charge is 2.62. The number of nitrogen functional groups attached to an aromatic ring is 4. The van der Waals surface area contributed by atoms with Crippen molar-refractivity contribution < 1.29 is 168 Å². The van der Waals surface area contributed by atoms with Crippen LogP contribution < -0.4 is 44.6 Å². The first kappa shape index (κ1) is 115. The molecule has 0 saturated carbocycles. The average Bonchev–Trinajstić information content (AvgIpc) is 1.16. The number of amides is 4. The van der Waals surface area contributed by atoms with Crippen molar-refractivity contribution in [2.45, 2.75) is 169 Å². The Morgan fingerprint density at radius 3 is 0.931 bits per heavy atom. The largest absolute Gasteiger partial charge is 0.503 e. The van der Waals surface area contributed by atoms with Crippen molar-refractivity contribution in [2.75, 3.05) is 22.9 Å². The highest BCUT2D eigenvalue weighted by molar-refractivity contribution is 7.81. The van der Waals surface area contributed by atoms with Crippen LogP contribution in [0.4, 0.5) is 20.5 Å². The minimum atomic E-state index is -4.98. The third-order valence-corrected chi connectivity index (χ3v) is 25.8. The molecule has 8 atom stereocenters. The van der Waals surface area contributed by atoms with E-state index in [9.17, 15) is 132 Å². The lowest BCUT2D eigenvalue weighted by Gasteiger charge is -2.50. The Hall–Kier alpha value is -14.0. The zero-order valence-corrected chi connectivity index (χ0v) is 84.4. The number of thiazole rings is 2. The molecule has 62 nitrogen and oxygen atoms in total. The first-order chi connectivity index (χ1) is 66.7. The number of anilines is 4. The molecule has 4 amide bonds. The highest BCUT2D eigenvalue weighted by atomic mass is 35.5. The molecular formula is C74H89ClN22O40S8. The molecule has 0 spiro atoms. The van der Waals surface area contributed by atoms with Crippen molar-refractivity contribution in [2.24, 2.45) is 56.1 Å². The van der Waals surface area contributed by atoms with E-state index < -0.39 is 252 Å². The SMILES string of the molecule is CC(C)C(O/N=C(\C(=O)C[C@@H]1C(=O)N(OS(=O)(=O)O)C1(C)C)c1nsc(N)n1)c1cc(=O)c(O)cn1O.CC(C)[C@H](O/N=C(\C(=O)C[C@@H]1C(=O)N(OS(=O)(=O)O)C1(C)C)c1csc(N)n1)c1cc(=O)c(O)cn1O.C[C@H](O/N=C(\C(=O)C[C@@H]1C(=O)N(OS(=O)(=O)O)C1(C)C)c1nc(N)sc1Cl)c1cc(=O)c(O)cn1O.C[C@H](O/N=C(\C(=O)C[C@@H]1C(=O)N(OS(=O)(=O)O)C1(C)C)c1nsc(N)n1)c1cc(=O)c(O)cn1O. The van der Waals surface area contributed by atoms with Crippen LogP contribution in [0.15, 0.2) is 94.2 Å². The maximum absolute atomic E-state index is 13.3. The van der Waals surface area contributed by atoms with Crippen LogP contribution in [-0.4, -0.2) is 253 Å². The number of β-lactam (4-membered cyclic amide) rings is 4. The standard InChI is InChI=1S/C20H25N5O10S2.C19H24N6O10S2.C18H20ClN5O10S2.C17H20N6O10S2/c1-9(2)17(12-6-13(26)15(28)7-24(12)30)34-23-16(11-8-36-19(21)22-11)14(27)5-10-18(29)25(20(10,3)4)35-37(31,32)33;1-8(2)15(10-6-11(26)13(28)7-24(10)30)34-22-14(16-21-18(20)36-23-16)12(27)5-9-17(29)25(19(9,3)4)35-37(31,32)33;1-7(9-5-10(25)12(27)6-23(9)29)33-22-13(14-15(19)35-17(20)21-14)11(26)4-8-16(28)24(18(8,2)3)34-36(30,31)32;1-7(9-5-10(24)12(26)6-22(9)28)32-20-13(14-19-16(18)34-21-14)11(25)4-8-15(27)23(17(8,2)3)33-35(29,30)31/h6-10,17,28,30H,5H2,1-4H3,(H2,21,22)(H,31,32,33);6-9,15,28,30H,5H2,1-4H3,(H2,20,21,23)(H,31,32,33);5-8,27,29H,4H2,1-3H3,(H2,20,21)(H,30,31,32);5-8,26,28H,4H2,1-3H3,(H2,18,19,21)(H,29,30,31)/b23-16-;22-14+;22-13+;20-13+/t10-,17+;9-,15?;2*7-,8+/m1100/s1. The maximum atomic E-state index is 13.3. The van der Waals surface area contributed by atoms with Gasteiger partial charge in [0.15, 0.2) is 114 Å². The quantitative estimate of drug-likeness (QED) is 0.00860. The molecule has 4 saturated heterocycles. The van der Waals surface area contributed by atoms with E-state index in [1.165, 1.54) is 74.6 Å². The number of hydroxylamine groups is 8. The third kappa shape index (κ3) is 27.0. The normalized spacial score (nSPS) is 18.6. The molecule has 0 aliphatic carbocycles. The van der Waals surface area contributed by atoms with E-state index in [2.05, 4.69) is 66.4 Å². The van der Waals surface area contributed by atoms with Crippen molar-refractivity contribution in [3.63, 3.8) is 0 Å². The minimum Gasteiger partial charge on any atom is -0.503 e. The summed E-state index contributed by atoms with van der Waals surface area (Å²) in [5, 5.41) is 96.7. The fourth-order valence-corrected chi connectivity index (χ4v) is 18.0. The Kier molecular flexibility index (Phi) is 34.7. The molecule has 790 valence electrons. The summed E-state index contributed by atoms with van der Waals surface area (Å²) in [6, 6.07) is 3.69. The zero-order chi connectivity index (χ0) is 109. The lowest BCUT2D eigenvalue weighted by atomic mass is 9.74. The van der Waals surface area contributed by atoms with Gasteiger partial charge in [-0.1, -0.05) is 71.3 Å². The van der Waals surface area contributed by atoms with Crippen molar-refractivity contribution in [1.82, 2.24) is 67.9 Å². The van der Waals surface area contributed by atoms with Gasteiger partial charge in [-0.05, 0) is 81.1 Å². The van der Waals surface area contributed by atoms with Gasteiger partial charge in [-0.3, -0.25) is 75.7 Å². The molecule has 12 heterocycles. The van der Waals surface area contributed by atoms with Gasteiger partial charge < -0.3 is 83.5 Å². The van der Waals surface area contributed by atoms with Gasteiger partial charge in [0.25, 0.3) is 23.6 Å². The number of rotatable bonds is 38. The zero-order valence-electron chi connectivity index (χ0n) is 77.1. The molecule has 12 rings (SSSR count). The van der Waals surface area contributed by atoms with Crippen molar-refractivity contribution in [3.8, 4) is 23.0 Å². The Morgan fingerprint density at radius 2 is 0.676 bits per heavy atom. The smallest absolute Gasteiger partial charge is 0.418 e. The fourth-order valence-electron chi connectivity index (χ4n) is 13.8. The number of hydrogen-bond acceptors (Lipinski definition) is 54. The van der Waals surface area contributed by atoms with Gasteiger partial charge in [-0.15, -0.1) is 28.5 Å². The van der Waals surface area contributed by atoms with E-state index in [0.29, 0.717) is 39.2 Å². The van der Waals surface area contributed by atoms with Crippen LogP contribution in [0.25, 0.3) is 0 Å². The molecule has 8 aromatic heterocycles. The van der Waals surface area contributed by atoms with E-state index in [-0.39, 0.29) is 82.3 Å². The summed E-state index contributed by atoms with van der Waals surface area (Å²) < 4.78 is 150. The van der Waals surface area contributed by atoms with Gasteiger partial charge in [-0.25, -0.2) is 9.97 Å². The molecular weight excluding hydrogens is 2130 g/mol. The molecule has 71 heteroatoms. The Balaban J connectivity index is 0.000000215. The Bertz CT molecular complexity index is 7100. The minimum absolute atomic E-state index is 0.000872. The molecule has 1 unspecified atom stereocenters. The van der Waals surface area contributed by atoms with Crippen LogP contribution >= 0.6 is 57.3 Å². The number of halogens is 1. The van der Waals surface area contributed by atoms with Crippen LogP contribution in [0.2, 0.25) is 4.34 Å². The fraction of sp³-hybridized carbons (Fsp3) is 0.432. The van der Waals surface area contributed by atoms with Crippen molar-refractivity contribution in [1.29, 1.82) is 0 Å². The van der Waals surface area contributed by atoms with Gasteiger partial charge in [0.1, 0.15) is 38.5 Å². The Morgan fingerprint density at radius 1 is 0.407 bits per heavy atom. The van der Waals surface area contributed by atoms with Gasteiger partial charge in [0.2, 0.25) is 33.4 Å². The van der Waals surface area contributed by atoms with Gasteiger partial charge in [0, 0.05) is 78.4 Å². The lowest BCUT2D eigenvalue weighted by molar-refractivity contribution is -0.228. The summed E-state index contributed by atoms with van der Waals surface area (Å²) in [5.74, 6) is -14.8. The Labute approximate surface area is 836 Å². The first-order valence-electron chi connectivity index (χ1n) is 40.7. The van der Waals surface area contributed by atoms with Crippen LogP contribution in [0.3, 0.4) is 0 Å². The lowest BCUT2D eigenvalue weighted by Crippen LogP contribution is -2.68. The van der Waals surface area contributed by atoms with E-state index >= 15 is 0 Å². The molecule has 4 fully saturated rings. The van der Waals surface area contributed by atoms with E-state index in [1.54, 1.807) is 27.7 Å². The van der Waals surface area contributed by atoms with Crippen molar-refractivity contribution in [3.05, 3.63) is 145 Å². The summed E-state index contributed by atoms with van der Waals surface area (Å²) in [7, 11) is -19.9. The third-order valence-electron chi connectivity index (χ3n) is 21.6. The molecule has 0 aromatic carbocycles. The maximum Gasteiger partial charge on any atom is 0.418 e. The van der Waals surface area contributed by atoms with Crippen LogP contribution in [0, 0.1) is 35.5 Å². The van der Waals surface area contributed by atoms with Crippen LogP contribution in [0.5, 0.6) is 23.0 Å². The topological polar surface area (TPSA) is 922 Å². The number of Topliss-reactive ketones (excluding diaryl/α,β-unsaturated/α-hetero) is 4. The molecule has 145 heavy (non-hydrogen) atoms. The number of oxime groups is 4. The molecule has 8 aromatic rings. The second kappa shape index (κ2) is 43.9. The number of pyridine rings is 4. The summed E-state index contributed by atoms with van der Waals surface area (Å²) in [6.45, 7) is 20.9. The molecule has 0 bridgehead atoms. The second-order valence-electron chi connectivity index (χ2n) is 34.0. The molecule has 4 aliphatic rings. The number of aromatic nitrogens is 10. The van der Waals surface area contributed by atoms with Crippen LogP contribution in [0.1, 0.15) is 193 Å². The summed E-state index contributed by atoms with van der Waals surface area (Å²) in [4.78, 5) is 187. The summed E-state index contributed by atoms with van der Waals surface area (Å²) in [6.07, 6.45) is -3.25. The summed E-state index contributed by atoms with van der Waals surface area (Å²) in [5.41, 5.74) is 12.1. The predicted octanol–water partition coefficient (Wildman–Crippen LogP) is 1.69. The number of carbonyl (C=O) groups excluding carboxylic acids is 8. The van der Waals surface area contributed by atoms with Crippen molar-refractivity contribution >= 4 is 189 Å². The van der Waals surface area contributed by atoms with Gasteiger partial charge >= 0.3 is 41.6 Å². The highest BCUT2D eigenvalue weighted by Crippen LogP contribution is 2.46. The van der Waals surface area contributed by atoms with Gasteiger partial charge in [0.05, 0.1) is 70.6 Å². The van der Waals surface area contributed by atoms with E-state index in [4.69, 9.17) is 72.1 Å². The number of ketones is 4. The molecule has 0 radical (unpaired) electrons. The monoisotopic (exact) mass is 2220 g/mol.